The summed E-state index contributed by atoms with van der Waals surface area (Å²) >= 11 is 3.53. The van der Waals surface area contributed by atoms with Gasteiger partial charge in [0.25, 0.3) is 0 Å². The zero-order valence-electron chi connectivity index (χ0n) is 17.4. The lowest BCUT2D eigenvalue weighted by Gasteiger charge is -2.21. The molecule has 0 atom stereocenters. The number of hydrogen-bond donors (Lipinski definition) is 2. The first-order valence-corrected chi connectivity index (χ1v) is 10.2. The maximum atomic E-state index is 12.6. The molecule has 0 amide bonds. The van der Waals surface area contributed by atoms with E-state index in [1.165, 1.54) is 18.2 Å². The number of hydrogen-bond acceptors (Lipinski definition) is 5. The second kappa shape index (κ2) is 8.74. The monoisotopic (exact) mass is 494 g/mol. The van der Waals surface area contributed by atoms with Crippen LogP contribution in [-0.2, 0) is 0 Å². The van der Waals surface area contributed by atoms with Crippen LogP contribution >= 0.6 is 15.9 Å². The van der Waals surface area contributed by atoms with Crippen molar-refractivity contribution in [2.24, 2.45) is 0 Å². The predicted octanol–water partition coefficient (Wildman–Crippen LogP) is 7.07. The van der Waals surface area contributed by atoms with Gasteiger partial charge < -0.3 is 15.4 Å². The molecule has 9 heteroatoms. The van der Waals surface area contributed by atoms with Gasteiger partial charge in [-0.05, 0) is 73.5 Å². The van der Waals surface area contributed by atoms with Crippen molar-refractivity contribution in [2.45, 2.75) is 39.6 Å². The Morgan fingerprint density at radius 1 is 0.968 bits per heavy atom. The molecule has 0 saturated heterocycles. The fourth-order valence-corrected chi connectivity index (χ4v) is 3.35. The van der Waals surface area contributed by atoms with E-state index in [1.54, 1.807) is 12.1 Å². The molecule has 164 valence electrons. The molecule has 0 aliphatic rings. The molecule has 0 unspecified atom stereocenters. The molecule has 2 aromatic carbocycles. The van der Waals surface area contributed by atoms with Crippen LogP contribution in [0.1, 0.15) is 26.3 Å². The topological polar surface area (TPSA) is 59.1 Å². The Morgan fingerprint density at radius 2 is 1.71 bits per heavy atom. The summed E-state index contributed by atoms with van der Waals surface area (Å²) in [5, 5.41) is 6.45. The van der Waals surface area contributed by atoms with E-state index in [4.69, 9.17) is 0 Å². The highest BCUT2D eigenvalue weighted by Crippen LogP contribution is 2.31. The summed E-state index contributed by atoms with van der Waals surface area (Å²) < 4.78 is 42.8. The average molecular weight is 495 g/mol. The van der Waals surface area contributed by atoms with Crippen LogP contribution in [0, 0.1) is 6.92 Å². The first kappa shape index (κ1) is 22.9. The third-order valence-electron chi connectivity index (χ3n) is 3.96. The van der Waals surface area contributed by atoms with Crippen molar-refractivity contribution >= 4 is 33.4 Å². The summed E-state index contributed by atoms with van der Waals surface area (Å²) in [4.78, 5) is 9.01. The molecule has 5 nitrogen and oxygen atoms in total. The number of nitrogens with zero attached hydrogens (tertiary/aromatic N) is 2. The summed E-state index contributed by atoms with van der Waals surface area (Å²) in [5.74, 6) is 0.519. The molecule has 0 fully saturated rings. The van der Waals surface area contributed by atoms with Crippen LogP contribution in [0.4, 0.5) is 30.6 Å². The smallest absolute Gasteiger partial charge is 0.406 e. The number of benzene rings is 2. The number of halogens is 4. The maximum absolute atomic E-state index is 12.6. The zero-order valence-corrected chi connectivity index (χ0v) is 19.0. The van der Waals surface area contributed by atoms with Gasteiger partial charge in [-0.3, -0.25) is 0 Å². The molecule has 1 heterocycles. The van der Waals surface area contributed by atoms with Crippen LogP contribution in [0.5, 0.6) is 5.75 Å². The fraction of sp³-hybridized carbons (Fsp3) is 0.273. The van der Waals surface area contributed by atoms with Gasteiger partial charge in [-0.1, -0.05) is 18.2 Å². The molecule has 31 heavy (non-hydrogen) atoms. The largest absolute Gasteiger partial charge is 0.573 e. The van der Waals surface area contributed by atoms with Crippen LogP contribution in [0.25, 0.3) is 11.3 Å². The Balaban J connectivity index is 2.02. The SMILES string of the molecule is Cc1ccc(Nc2cc(-c3cccc(OC(F)(F)F)c3)nc(NC(C)(C)C)n2)c(Br)c1. The van der Waals surface area contributed by atoms with Crippen molar-refractivity contribution < 1.29 is 17.9 Å². The number of nitrogens with one attached hydrogen (secondary N) is 2. The summed E-state index contributed by atoms with van der Waals surface area (Å²) in [5.41, 5.74) is 2.48. The van der Waals surface area contributed by atoms with E-state index in [0.29, 0.717) is 23.0 Å². The highest BCUT2D eigenvalue weighted by Gasteiger charge is 2.31. The van der Waals surface area contributed by atoms with Crippen LogP contribution in [0.15, 0.2) is 53.0 Å². The molecule has 3 aromatic rings. The summed E-state index contributed by atoms with van der Waals surface area (Å²) in [6.07, 6.45) is -4.77. The Hall–Kier alpha value is -2.81. The second-order valence-electron chi connectivity index (χ2n) is 8.02. The Bertz CT molecular complexity index is 1080. The van der Waals surface area contributed by atoms with E-state index in [-0.39, 0.29) is 11.3 Å². The highest BCUT2D eigenvalue weighted by molar-refractivity contribution is 9.10. The van der Waals surface area contributed by atoms with Crippen molar-refractivity contribution in [1.29, 1.82) is 0 Å². The minimum absolute atomic E-state index is 0.315. The van der Waals surface area contributed by atoms with Gasteiger partial charge in [-0.2, -0.15) is 4.98 Å². The van der Waals surface area contributed by atoms with Crippen molar-refractivity contribution in [1.82, 2.24) is 9.97 Å². The number of rotatable bonds is 5. The second-order valence-corrected chi connectivity index (χ2v) is 8.88. The first-order valence-electron chi connectivity index (χ1n) is 9.45. The maximum Gasteiger partial charge on any atom is 0.573 e. The van der Waals surface area contributed by atoms with Crippen LogP contribution < -0.4 is 15.4 Å². The van der Waals surface area contributed by atoms with Gasteiger partial charge in [-0.25, -0.2) is 4.98 Å². The zero-order chi connectivity index (χ0) is 22.8. The first-order chi connectivity index (χ1) is 14.4. The Kier molecular flexibility index (Phi) is 6.45. The van der Waals surface area contributed by atoms with Crippen LogP contribution in [0.2, 0.25) is 0 Å². The molecule has 0 spiro atoms. The Labute approximate surface area is 187 Å². The highest BCUT2D eigenvalue weighted by atomic mass is 79.9. The number of alkyl halides is 3. The van der Waals surface area contributed by atoms with E-state index in [1.807, 2.05) is 45.9 Å². The molecule has 0 aliphatic carbocycles. The van der Waals surface area contributed by atoms with Crippen molar-refractivity contribution in [3.8, 4) is 17.0 Å². The van der Waals surface area contributed by atoms with Gasteiger partial charge in [0.2, 0.25) is 5.95 Å². The third-order valence-corrected chi connectivity index (χ3v) is 4.62. The minimum Gasteiger partial charge on any atom is -0.406 e. The molecule has 0 bridgehead atoms. The number of aromatic nitrogens is 2. The normalized spacial score (nSPS) is 11.9. The third kappa shape index (κ3) is 6.85. The molecule has 1 aromatic heterocycles. The van der Waals surface area contributed by atoms with E-state index < -0.39 is 6.36 Å². The molecule has 0 saturated carbocycles. The van der Waals surface area contributed by atoms with Gasteiger partial charge in [0.15, 0.2) is 0 Å². The van der Waals surface area contributed by atoms with Crippen molar-refractivity contribution in [3.05, 3.63) is 58.6 Å². The lowest BCUT2D eigenvalue weighted by molar-refractivity contribution is -0.274. The molecule has 0 aliphatic heterocycles. The van der Waals surface area contributed by atoms with Crippen molar-refractivity contribution in [3.63, 3.8) is 0 Å². The molecule has 3 rings (SSSR count). The van der Waals surface area contributed by atoms with E-state index >= 15 is 0 Å². The standard InChI is InChI=1S/C22H22BrF3N4O/c1-13-8-9-17(16(23)10-13)27-19-12-18(28-20(29-19)30-21(2,3)4)14-6-5-7-15(11-14)31-22(24,25)26/h5-12H,1-4H3,(H2,27,28,29,30). The number of ether oxygens (including phenoxy) is 1. The van der Waals surface area contributed by atoms with Gasteiger partial charge in [0, 0.05) is 21.6 Å². The summed E-state index contributed by atoms with van der Waals surface area (Å²) in [6.45, 7) is 7.87. The Morgan fingerprint density at radius 3 is 2.35 bits per heavy atom. The quantitative estimate of drug-likeness (QED) is 0.397. The van der Waals surface area contributed by atoms with E-state index in [2.05, 4.69) is 41.3 Å². The predicted molar refractivity (Wildman–Crippen MR) is 120 cm³/mol. The summed E-state index contributed by atoms with van der Waals surface area (Å²) in [7, 11) is 0. The molecule has 0 radical (unpaired) electrons. The summed E-state index contributed by atoms with van der Waals surface area (Å²) in [6, 6.07) is 13.2. The fourth-order valence-electron chi connectivity index (χ4n) is 2.76. The van der Waals surface area contributed by atoms with Gasteiger partial charge >= 0.3 is 6.36 Å². The number of anilines is 3. The lowest BCUT2D eigenvalue weighted by atomic mass is 10.1. The minimum atomic E-state index is -4.77. The lowest BCUT2D eigenvalue weighted by Crippen LogP contribution is -2.27. The van der Waals surface area contributed by atoms with E-state index in [0.717, 1.165) is 15.7 Å². The molecular weight excluding hydrogens is 473 g/mol. The molecular formula is C22H22BrF3N4O. The van der Waals surface area contributed by atoms with Gasteiger partial charge in [0.05, 0.1) is 11.4 Å². The van der Waals surface area contributed by atoms with Crippen LogP contribution in [0.3, 0.4) is 0 Å². The van der Waals surface area contributed by atoms with E-state index in [9.17, 15) is 13.2 Å². The average Bonchev–Trinajstić information content (AvgIpc) is 2.61. The number of aryl methyl sites for hydroxylation is 1. The molecule has 2 N–H and O–H groups in total. The van der Waals surface area contributed by atoms with Crippen LogP contribution in [-0.4, -0.2) is 21.9 Å². The van der Waals surface area contributed by atoms with Gasteiger partial charge in [-0.15, -0.1) is 13.2 Å². The van der Waals surface area contributed by atoms with Gasteiger partial charge in [0.1, 0.15) is 11.6 Å². The van der Waals surface area contributed by atoms with Crippen molar-refractivity contribution in [2.75, 3.05) is 10.6 Å².